The van der Waals surface area contributed by atoms with E-state index in [0.717, 1.165) is 29.1 Å². The van der Waals surface area contributed by atoms with Gasteiger partial charge < -0.3 is 25.2 Å². The van der Waals surface area contributed by atoms with E-state index in [1.807, 2.05) is 0 Å². The summed E-state index contributed by atoms with van der Waals surface area (Å²) in [5.74, 6) is -7.92. The SMILES string of the molecule is OC[C@H]1O[C@@H](S[C@H](c2ccccc2C(F)(F)F)C2(O)CCC(F)(F)CC2)[C@H](O)[C@@H](n2cc(-c3cc(F)c(F)c(F)c3)nn2)[C@H]1O. The summed E-state index contributed by atoms with van der Waals surface area (Å²) in [7, 11) is 0. The number of aliphatic hydroxyl groups is 4. The number of aromatic nitrogens is 3. The van der Waals surface area contributed by atoms with Crippen molar-refractivity contribution in [2.45, 2.75) is 78.4 Å². The van der Waals surface area contributed by atoms with Crippen molar-refractivity contribution in [1.82, 2.24) is 15.0 Å². The summed E-state index contributed by atoms with van der Waals surface area (Å²) in [5.41, 5.74) is -5.76. The molecule has 1 saturated heterocycles. The molecule has 1 aliphatic heterocycles. The number of alkyl halides is 5. The van der Waals surface area contributed by atoms with Crippen LogP contribution in [0.15, 0.2) is 42.6 Å². The molecule has 0 amide bonds. The molecule has 5 rings (SSSR count). The first-order valence-electron chi connectivity index (χ1n) is 13.7. The van der Waals surface area contributed by atoms with Gasteiger partial charge in [0.2, 0.25) is 5.92 Å². The summed E-state index contributed by atoms with van der Waals surface area (Å²) in [4.78, 5) is 0. The smallest absolute Gasteiger partial charge is 0.394 e. The minimum absolute atomic E-state index is 0.210. The Labute approximate surface area is 254 Å². The summed E-state index contributed by atoms with van der Waals surface area (Å²) < 4.78 is 118. The van der Waals surface area contributed by atoms with Gasteiger partial charge in [0, 0.05) is 18.4 Å². The first-order valence-corrected chi connectivity index (χ1v) is 14.6. The van der Waals surface area contributed by atoms with Crippen LogP contribution in [0.2, 0.25) is 0 Å². The summed E-state index contributed by atoms with van der Waals surface area (Å²) in [6.07, 6.45) is -11.6. The Bertz CT molecular complexity index is 1490. The predicted octanol–water partition coefficient (Wildman–Crippen LogP) is 4.78. The molecule has 4 N–H and O–H groups in total. The molecule has 0 spiro atoms. The molecule has 2 aromatic carbocycles. The summed E-state index contributed by atoms with van der Waals surface area (Å²) in [6.45, 7) is -0.850. The van der Waals surface area contributed by atoms with Crippen LogP contribution in [0.3, 0.4) is 0 Å². The Morgan fingerprint density at radius 3 is 2.22 bits per heavy atom. The number of hydrogen-bond donors (Lipinski definition) is 4. The lowest BCUT2D eigenvalue weighted by Crippen LogP contribution is -2.55. The fraction of sp³-hybridized carbons (Fsp3) is 0.500. The van der Waals surface area contributed by atoms with Crippen LogP contribution in [0.1, 0.15) is 48.1 Å². The van der Waals surface area contributed by atoms with Crippen LogP contribution < -0.4 is 0 Å². The molecule has 1 saturated carbocycles. The maximum Gasteiger partial charge on any atom is 0.416 e. The molecule has 1 aromatic heterocycles. The number of hydrogen-bond acceptors (Lipinski definition) is 8. The second-order valence-electron chi connectivity index (χ2n) is 11.1. The Hall–Kier alpha value is -2.83. The normalized spacial score (nSPS) is 27.3. The number of benzene rings is 2. The fourth-order valence-corrected chi connectivity index (χ4v) is 7.31. The Kier molecular flexibility index (Phi) is 9.25. The van der Waals surface area contributed by atoms with E-state index >= 15 is 0 Å². The molecule has 6 atom stereocenters. The number of rotatable bonds is 7. The van der Waals surface area contributed by atoms with Crippen molar-refractivity contribution >= 4 is 11.8 Å². The highest BCUT2D eigenvalue weighted by atomic mass is 32.2. The van der Waals surface area contributed by atoms with Crippen molar-refractivity contribution in [2.24, 2.45) is 0 Å². The molecule has 3 aromatic rings. The lowest BCUT2D eigenvalue weighted by molar-refractivity contribution is -0.179. The molecular weight excluding hydrogens is 642 g/mol. The van der Waals surface area contributed by atoms with E-state index in [2.05, 4.69) is 10.3 Å². The van der Waals surface area contributed by atoms with E-state index in [9.17, 15) is 55.5 Å². The molecule has 0 bridgehead atoms. The maximum absolute atomic E-state index is 14.1. The first-order chi connectivity index (χ1) is 21.0. The quantitative estimate of drug-likeness (QED) is 0.210. The highest BCUT2D eigenvalue weighted by Crippen LogP contribution is 2.54. The van der Waals surface area contributed by atoms with E-state index in [-0.39, 0.29) is 11.3 Å². The zero-order chi connectivity index (χ0) is 32.9. The van der Waals surface area contributed by atoms with Gasteiger partial charge in [-0.3, -0.25) is 0 Å². The molecule has 17 heteroatoms. The van der Waals surface area contributed by atoms with E-state index in [0.29, 0.717) is 23.9 Å². The van der Waals surface area contributed by atoms with Crippen molar-refractivity contribution < 1.29 is 60.3 Å². The maximum atomic E-state index is 14.1. The van der Waals surface area contributed by atoms with Crippen LogP contribution in [0.5, 0.6) is 0 Å². The van der Waals surface area contributed by atoms with Crippen molar-refractivity contribution in [3.8, 4) is 11.3 Å². The lowest BCUT2D eigenvalue weighted by atomic mass is 9.77. The average Bonchev–Trinajstić information content (AvgIpc) is 3.46. The van der Waals surface area contributed by atoms with Crippen LogP contribution in [-0.4, -0.2) is 77.3 Å². The van der Waals surface area contributed by atoms with Crippen LogP contribution in [0.25, 0.3) is 11.3 Å². The van der Waals surface area contributed by atoms with Crippen molar-refractivity contribution in [1.29, 1.82) is 0 Å². The second kappa shape index (κ2) is 12.4. The molecule has 2 heterocycles. The van der Waals surface area contributed by atoms with Gasteiger partial charge in [0.15, 0.2) is 17.5 Å². The van der Waals surface area contributed by atoms with Crippen molar-refractivity contribution in [3.05, 3.63) is 71.2 Å². The summed E-state index contributed by atoms with van der Waals surface area (Å²) >= 11 is 0.499. The number of nitrogens with zero attached hydrogens (tertiary/aromatic N) is 3. The average molecular weight is 670 g/mol. The van der Waals surface area contributed by atoms with Crippen LogP contribution in [0.4, 0.5) is 35.1 Å². The van der Waals surface area contributed by atoms with Crippen LogP contribution >= 0.6 is 11.8 Å². The largest absolute Gasteiger partial charge is 0.416 e. The summed E-state index contributed by atoms with van der Waals surface area (Å²) in [5, 5.41) is 49.8. The minimum Gasteiger partial charge on any atom is -0.394 e. The third-order valence-corrected chi connectivity index (χ3v) is 9.72. The van der Waals surface area contributed by atoms with Gasteiger partial charge >= 0.3 is 6.18 Å². The van der Waals surface area contributed by atoms with E-state index in [1.54, 1.807) is 0 Å². The third-order valence-electron chi connectivity index (χ3n) is 8.10. The van der Waals surface area contributed by atoms with Crippen molar-refractivity contribution in [3.63, 3.8) is 0 Å². The van der Waals surface area contributed by atoms with Gasteiger partial charge in [0.25, 0.3) is 0 Å². The van der Waals surface area contributed by atoms with E-state index < -0.39 is 114 Å². The molecule has 45 heavy (non-hydrogen) atoms. The summed E-state index contributed by atoms with van der Waals surface area (Å²) in [6, 6.07) is 4.00. The van der Waals surface area contributed by atoms with Crippen LogP contribution in [-0.2, 0) is 10.9 Å². The number of aliphatic hydroxyl groups excluding tert-OH is 3. The van der Waals surface area contributed by atoms with Gasteiger partial charge in [-0.05, 0) is 36.6 Å². The molecule has 1 aliphatic carbocycles. The van der Waals surface area contributed by atoms with Crippen LogP contribution in [0, 0.1) is 17.5 Å². The highest BCUT2D eigenvalue weighted by Gasteiger charge is 2.53. The zero-order valence-electron chi connectivity index (χ0n) is 23.0. The van der Waals surface area contributed by atoms with E-state index in [4.69, 9.17) is 4.74 Å². The lowest BCUT2D eigenvalue weighted by Gasteiger charge is -2.46. The highest BCUT2D eigenvalue weighted by molar-refractivity contribution is 8.00. The number of halogens is 8. The Balaban J connectivity index is 1.52. The Morgan fingerprint density at radius 1 is 1.00 bits per heavy atom. The van der Waals surface area contributed by atoms with Gasteiger partial charge in [0.05, 0.1) is 29.2 Å². The first kappa shape index (κ1) is 33.5. The molecule has 0 unspecified atom stereocenters. The molecule has 2 aliphatic rings. The third kappa shape index (κ3) is 6.69. The topological polar surface area (TPSA) is 121 Å². The van der Waals surface area contributed by atoms with Gasteiger partial charge in [0.1, 0.15) is 35.5 Å². The molecule has 0 radical (unpaired) electrons. The number of ether oxygens (including phenoxy) is 1. The minimum atomic E-state index is -4.90. The standard InChI is InChI=1S/C28H27F8N3O5S/c29-16-9-13(10-17(30)20(16)31)18-11-39(38-37-18)21-22(41)19(12-40)44-25(23(21)42)45-24(26(43)5-7-27(32,33)8-6-26)14-3-1-2-4-15(14)28(34,35)36/h1-4,9-11,19,21-25,40-43H,5-8,12H2/t19-,21+,22+,23-,24-,25+/m1/s1. The van der Waals surface area contributed by atoms with Gasteiger partial charge in [-0.25, -0.2) is 26.6 Å². The second-order valence-corrected chi connectivity index (χ2v) is 12.3. The Morgan fingerprint density at radius 2 is 1.62 bits per heavy atom. The monoisotopic (exact) mass is 669 g/mol. The van der Waals surface area contributed by atoms with Gasteiger partial charge in [-0.2, -0.15) is 13.2 Å². The van der Waals surface area contributed by atoms with Crippen molar-refractivity contribution in [2.75, 3.05) is 6.61 Å². The number of thioether (sulfide) groups is 1. The molecule has 246 valence electrons. The zero-order valence-corrected chi connectivity index (χ0v) is 23.8. The fourth-order valence-electron chi connectivity index (χ4n) is 5.67. The van der Waals surface area contributed by atoms with Gasteiger partial charge in [-0.1, -0.05) is 23.4 Å². The van der Waals surface area contributed by atoms with Gasteiger partial charge in [-0.15, -0.1) is 16.9 Å². The predicted molar refractivity (Wildman–Crippen MR) is 142 cm³/mol. The van der Waals surface area contributed by atoms with E-state index in [1.165, 1.54) is 6.07 Å². The molecular formula is C28H27F8N3O5S. The molecule has 2 fully saturated rings. The molecule has 8 nitrogen and oxygen atoms in total.